The molecule has 0 saturated carbocycles. The van der Waals surface area contributed by atoms with Crippen molar-refractivity contribution in [1.82, 2.24) is 4.90 Å². The lowest BCUT2D eigenvalue weighted by Gasteiger charge is -2.14. The molecule has 12 heavy (non-hydrogen) atoms. The van der Waals surface area contributed by atoms with Crippen molar-refractivity contribution in [3.63, 3.8) is 0 Å². The zero-order chi connectivity index (χ0) is 9.61. The molecule has 0 aliphatic heterocycles. The first kappa shape index (κ1) is 11.8. The van der Waals surface area contributed by atoms with Crippen LogP contribution in [0.5, 0.6) is 0 Å². The Labute approximate surface area is 73.8 Å². The van der Waals surface area contributed by atoms with Gasteiger partial charge in [0, 0.05) is 6.54 Å². The van der Waals surface area contributed by atoms with Crippen molar-refractivity contribution >= 4 is 10.0 Å². The summed E-state index contributed by atoms with van der Waals surface area (Å²) in [6.07, 6.45) is 0.876. The Bertz CT molecular complexity index is 203. The number of hydrogen-bond acceptors (Lipinski definition) is 4. The van der Waals surface area contributed by atoms with Crippen LogP contribution in [-0.2, 0) is 10.0 Å². The summed E-state index contributed by atoms with van der Waals surface area (Å²) in [5, 5.41) is 4.83. The van der Waals surface area contributed by atoms with Crippen molar-refractivity contribution in [3.05, 3.63) is 0 Å². The Morgan fingerprint density at radius 1 is 1.33 bits per heavy atom. The SMILES string of the molecule is CN(CCCN)CCS(N)(=O)=O. The number of hydrogen-bond donors (Lipinski definition) is 2. The van der Waals surface area contributed by atoms with Crippen LogP contribution in [0.4, 0.5) is 0 Å². The Kier molecular flexibility index (Phi) is 5.39. The zero-order valence-electron chi connectivity index (χ0n) is 7.36. The molecule has 0 aromatic rings. The van der Waals surface area contributed by atoms with E-state index in [1.807, 2.05) is 11.9 Å². The fourth-order valence-electron chi connectivity index (χ4n) is 0.756. The third kappa shape index (κ3) is 7.93. The van der Waals surface area contributed by atoms with Gasteiger partial charge in [0.2, 0.25) is 10.0 Å². The van der Waals surface area contributed by atoms with E-state index in [4.69, 9.17) is 10.9 Å². The molecule has 0 saturated heterocycles. The van der Waals surface area contributed by atoms with Crippen LogP contribution in [-0.4, -0.2) is 45.8 Å². The van der Waals surface area contributed by atoms with Gasteiger partial charge in [-0.05, 0) is 26.6 Å². The van der Waals surface area contributed by atoms with Crippen molar-refractivity contribution in [2.24, 2.45) is 10.9 Å². The molecule has 0 amide bonds. The van der Waals surface area contributed by atoms with Crippen molar-refractivity contribution in [3.8, 4) is 0 Å². The van der Waals surface area contributed by atoms with Gasteiger partial charge in [-0.3, -0.25) is 0 Å². The number of nitrogens with two attached hydrogens (primary N) is 2. The maximum atomic E-state index is 10.5. The van der Waals surface area contributed by atoms with E-state index in [0.717, 1.165) is 13.0 Å². The van der Waals surface area contributed by atoms with Gasteiger partial charge in [-0.25, -0.2) is 13.6 Å². The van der Waals surface area contributed by atoms with Crippen LogP contribution in [0.3, 0.4) is 0 Å². The highest BCUT2D eigenvalue weighted by Gasteiger charge is 2.04. The molecule has 0 aromatic carbocycles. The average molecular weight is 195 g/mol. The molecule has 0 spiro atoms. The first-order valence-electron chi connectivity index (χ1n) is 3.85. The van der Waals surface area contributed by atoms with Crippen molar-refractivity contribution in [2.45, 2.75) is 6.42 Å². The smallest absolute Gasteiger partial charge is 0.210 e. The van der Waals surface area contributed by atoms with E-state index in [1.165, 1.54) is 0 Å². The van der Waals surface area contributed by atoms with Gasteiger partial charge < -0.3 is 10.6 Å². The second-order valence-corrected chi connectivity index (χ2v) is 4.55. The van der Waals surface area contributed by atoms with E-state index in [2.05, 4.69) is 0 Å². The number of sulfonamides is 1. The first-order valence-corrected chi connectivity index (χ1v) is 5.56. The molecule has 0 radical (unpaired) electrons. The number of nitrogens with zero attached hydrogens (tertiary/aromatic N) is 1. The third-order valence-electron chi connectivity index (χ3n) is 1.50. The van der Waals surface area contributed by atoms with Crippen LogP contribution in [0.2, 0.25) is 0 Å². The molecule has 5 nitrogen and oxygen atoms in total. The highest BCUT2D eigenvalue weighted by Crippen LogP contribution is 1.87. The predicted molar refractivity (Wildman–Crippen MR) is 49.1 cm³/mol. The van der Waals surface area contributed by atoms with Crippen LogP contribution in [0.25, 0.3) is 0 Å². The van der Waals surface area contributed by atoms with Crippen molar-refractivity contribution < 1.29 is 8.42 Å². The Hall–Kier alpha value is -0.170. The monoisotopic (exact) mass is 195 g/mol. The molecule has 0 heterocycles. The van der Waals surface area contributed by atoms with E-state index in [1.54, 1.807) is 0 Å². The third-order valence-corrected chi connectivity index (χ3v) is 2.25. The zero-order valence-corrected chi connectivity index (χ0v) is 8.18. The summed E-state index contributed by atoms with van der Waals surface area (Å²) in [4.78, 5) is 1.90. The summed E-state index contributed by atoms with van der Waals surface area (Å²) in [7, 11) is -1.47. The molecule has 74 valence electrons. The molecule has 6 heteroatoms. The lowest BCUT2D eigenvalue weighted by atomic mass is 10.4. The fraction of sp³-hybridized carbons (Fsp3) is 1.00. The average Bonchev–Trinajstić information content (AvgIpc) is 1.95. The number of primary sulfonamides is 1. The van der Waals surface area contributed by atoms with Gasteiger partial charge in [0.15, 0.2) is 0 Å². The minimum absolute atomic E-state index is 0.00801. The van der Waals surface area contributed by atoms with E-state index < -0.39 is 10.0 Å². The molecular formula is C6H17N3O2S. The van der Waals surface area contributed by atoms with E-state index in [0.29, 0.717) is 13.1 Å². The standard InChI is InChI=1S/C6H17N3O2S/c1-9(4-2-3-7)5-6-12(8,10)11/h2-7H2,1H3,(H2,8,10,11). The molecule has 0 aliphatic carbocycles. The summed E-state index contributed by atoms with van der Waals surface area (Å²) in [6, 6.07) is 0. The Morgan fingerprint density at radius 3 is 2.33 bits per heavy atom. The van der Waals surface area contributed by atoms with Crippen molar-refractivity contribution in [1.29, 1.82) is 0 Å². The van der Waals surface area contributed by atoms with Gasteiger partial charge in [0.1, 0.15) is 0 Å². The molecule has 0 aliphatic rings. The Morgan fingerprint density at radius 2 is 1.92 bits per heavy atom. The topological polar surface area (TPSA) is 89.4 Å². The van der Waals surface area contributed by atoms with Gasteiger partial charge in [-0.15, -0.1) is 0 Å². The predicted octanol–water partition coefficient (Wildman–Crippen LogP) is -1.44. The minimum atomic E-state index is -3.32. The van der Waals surface area contributed by atoms with Gasteiger partial charge in [-0.2, -0.15) is 0 Å². The summed E-state index contributed by atoms with van der Waals surface area (Å²) in [5.74, 6) is 0.00801. The van der Waals surface area contributed by atoms with Crippen molar-refractivity contribution in [2.75, 3.05) is 32.4 Å². The lowest BCUT2D eigenvalue weighted by molar-refractivity contribution is 0.350. The minimum Gasteiger partial charge on any atom is -0.330 e. The molecule has 0 fully saturated rings. The van der Waals surface area contributed by atoms with E-state index in [9.17, 15) is 8.42 Å². The molecule has 0 atom stereocenters. The summed E-state index contributed by atoms with van der Waals surface area (Å²) < 4.78 is 21.1. The largest absolute Gasteiger partial charge is 0.330 e. The van der Waals surface area contributed by atoms with Crippen LogP contribution >= 0.6 is 0 Å². The van der Waals surface area contributed by atoms with Crippen LogP contribution < -0.4 is 10.9 Å². The maximum Gasteiger partial charge on any atom is 0.210 e. The number of rotatable bonds is 6. The van der Waals surface area contributed by atoms with E-state index >= 15 is 0 Å². The van der Waals surface area contributed by atoms with E-state index in [-0.39, 0.29) is 5.75 Å². The molecule has 4 N–H and O–H groups in total. The summed E-state index contributed by atoms with van der Waals surface area (Å²) in [5.41, 5.74) is 5.29. The molecular weight excluding hydrogens is 178 g/mol. The molecule has 0 unspecified atom stereocenters. The van der Waals surface area contributed by atoms with Crippen LogP contribution in [0, 0.1) is 0 Å². The van der Waals surface area contributed by atoms with Gasteiger partial charge in [0.05, 0.1) is 5.75 Å². The summed E-state index contributed by atoms with van der Waals surface area (Å²) >= 11 is 0. The molecule has 0 aromatic heterocycles. The van der Waals surface area contributed by atoms with Crippen LogP contribution in [0.15, 0.2) is 0 Å². The normalized spacial score (nSPS) is 12.3. The highest BCUT2D eigenvalue weighted by molar-refractivity contribution is 7.89. The maximum absolute atomic E-state index is 10.5. The molecule has 0 rings (SSSR count). The van der Waals surface area contributed by atoms with Gasteiger partial charge in [0.25, 0.3) is 0 Å². The van der Waals surface area contributed by atoms with Gasteiger partial charge in [-0.1, -0.05) is 0 Å². The fourth-order valence-corrected chi connectivity index (χ4v) is 1.32. The quantitative estimate of drug-likeness (QED) is 0.543. The molecule has 0 bridgehead atoms. The lowest BCUT2D eigenvalue weighted by Crippen LogP contribution is -2.30. The Balaban J connectivity index is 3.51. The van der Waals surface area contributed by atoms with Crippen LogP contribution in [0.1, 0.15) is 6.42 Å². The summed E-state index contributed by atoms with van der Waals surface area (Å²) in [6.45, 7) is 1.91. The van der Waals surface area contributed by atoms with Gasteiger partial charge >= 0.3 is 0 Å². The second kappa shape index (κ2) is 5.47. The first-order chi connectivity index (χ1) is 5.45. The highest BCUT2D eigenvalue weighted by atomic mass is 32.2. The second-order valence-electron chi connectivity index (χ2n) is 2.81.